The Morgan fingerprint density at radius 1 is 1.40 bits per heavy atom. The predicted molar refractivity (Wildman–Crippen MR) is 54.6 cm³/mol. The lowest BCUT2D eigenvalue weighted by Gasteiger charge is -2.36. The maximum atomic E-state index is 12.3. The Labute approximate surface area is 93.4 Å². The van der Waals surface area contributed by atoms with Crippen molar-refractivity contribution in [2.24, 2.45) is 0 Å². The van der Waals surface area contributed by atoms with Crippen LogP contribution < -0.4 is 0 Å². The van der Waals surface area contributed by atoms with E-state index in [0.717, 1.165) is 10.7 Å². The van der Waals surface area contributed by atoms with E-state index in [1.807, 2.05) is 0 Å². The highest BCUT2D eigenvalue weighted by molar-refractivity contribution is 7.89. The minimum absolute atomic E-state index is 0.0981. The van der Waals surface area contributed by atoms with E-state index in [-0.39, 0.29) is 18.5 Å². The Hall–Kier alpha value is 0.0600. The highest BCUT2D eigenvalue weighted by Gasteiger charge is 2.38. The molecular formula is C8H14ClF2NO2S. The topological polar surface area (TPSA) is 37.4 Å². The number of hydrogen-bond donors (Lipinski definition) is 0. The largest absolute Gasteiger partial charge is 0.350 e. The van der Waals surface area contributed by atoms with Crippen molar-refractivity contribution in [3.8, 4) is 0 Å². The molecule has 0 aromatic heterocycles. The summed E-state index contributed by atoms with van der Waals surface area (Å²) in [5.41, 5.74) is 0. The van der Waals surface area contributed by atoms with Crippen molar-refractivity contribution in [2.45, 2.75) is 37.5 Å². The lowest BCUT2D eigenvalue weighted by atomic mass is 9.93. The molecule has 0 aromatic carbocycles. The van der Waals surface area contributed by atoms with Gasteiger partial charge in [-0.3, -0.25) is 0 Å². The average Bonchev–Trinajstić information content (AvgIpc) is 2.08. The van der Waals surface area contributed by atoms with Gasteiger partial charge in [-0.2, -0.15) is 13.1 Å². The third-order valence-corrected chi connectivity index (χ3v) is 4.40. The molecule has 1 saturated carbocycles. The molecule has 1 fully saturated rings. The van der Waals surface area contributed by atoms with E-state index in [2.05, 4.69) is 0 Å². The van der Waals surface area contributed by atoms with Crippen LogP contribution in [0.5, 0.6) is 0 Å². The summed E-state index contributed by atoms with van der Waals surface area (Å²) in [7, 11) is -4.43. The summed E-state index contributed by atoms with van der Waals surface area (Å²) in [5.74, 6) is -3.05. The Morgan fingerprint density at radius 3 is 2.33 bits per heavy atom. The Bertz CT molecular complexity index is 293. The molecule has 0 bridgehead atoms. The average molecular weight is 262 g/mol. The van der Waals surface area contributed by atoms with Crippen molar-refractivity contribution in [2.75, 3.05) is 12.4 Å². The summed E-state index contributed by atoms with van der Waals surface area (Å²) >= 11 is 5.43. The van der Waals surface area contributed by atoms with Crippen LogP contribution in [-0.4, -0.2) is 36.9 Å². The standard InChI is InChI=1S/C8H14ClF2NO2S/c9-5-2-6-12(7-3-1-4-7)15(13,14)8(10)11/h7-8H,1-6H2. The minimum atomic E-state index is -4.43. The molecule has 0 aliphatic heterocycles. The van der Waals surface area contributed by atoms with Crippen LogP contribution in [0.3, 0.4) is 0 Å². The lowest BCUT2D eigenvalue weighted by Crippen LogP contribution is -2.46. The maximum Gasteiger partial charge on any atom is 0.350 e. The summed E-state index contributed by atoms with van der Waals surface area (Å²) in [6, 6.07) is -0.243. The van der Waals surface area contributed by atoms with Crippen LogP contribution in [0, 0.1) is 0 Å². The first kappa shape index (κ1) is 13.1. The number of sulfonamides is 1. The van der Waals surface area contributed by atoms with Gasteiger partial charge in [-0.1, -0.05) is 6.42 Å². The quantitative estimate of drug-likeness (QED) is 0.686. The minimum Gasteiger partial charge on any atom is -0.206 e. The van der Waals surface area contributed by atoms with Gasteiger partial charge in [-0.05, 0) is 19.3 Å². The number of rotatable bonds is 6. The Kier molecular flexibility index (Phi) is 4.73. The molecule has 1 rings (SSSR count). The first-order chi connectivity index (χ1) is 7.00. The lowest BCUT2D eigenvalue weighted by molar-refractivity contribution is 0.179. The van der Waals surface area contributed by atoms with Crippen LogP contribution in [0.25, 0.3) is 0 Å². The van der Waals surface area contributed by atoms with Gasteiger partial charge in [0.2, 0.25) is 0 Å². The number of alkyl halides is 3. The summed E-state index contributed by atoms with van der Waals surface area (Å²) < 4.78 is 48.2. The van der Waals surface area contributed by atoms with Crippen LogP contribution in [0.4, 0.5) is 8.78 Å². The Morgan fingerprint density at radius 2 is 2.00 bits per heavy atom. The van der Waals surface area contributed by atoms with E-state index in [0.29, 0.717) is 19.3 Å². The zero-order valence-corrected chi connectivity index (χ0v) is 9.78. The maximum absolute atomic E-state index is 12.3. The molecule has 0 amide bonds. The van der Waals surface area contributed by atoms with Crippen molar-refractivity contribution in [3.05, 3.63) is 0 Å². The Balaban J connectivity index is 2.70. The SMILES string of the molecule is O=S(=O)(C(F)F)N(CCCCl)C1CCC1. The smallest absolute Gasteiger partial charge is 0.206 e. The molecule has 0 radical (unpaired) electrons. The van der Waals surface area contributed by atoms with Gasteiger partial charge in [0.1, 0.15) is 0 Å². The zero-order chi connectivity index (χ0) is 11.5. The van der Waals surface area contributed by atoms with Gasteiger partial charge in [0.25, 0.3) is 10.0 Å². The molecular weight excluding hydrogens is 248 g/mol. The van der Waals surface area contributed by atoms with Crippen LogP contribution in [0.1, 0.15) is 25.7 Å². The van der Waals surface area contributed by atoms with E-state index in [4.69, 9.17) is 11.6 Å². The molecule has 0 saturated heterocycles. The first-order valence-electron chi connectivity index (χ1n) is 4.85. The fourth-order valence-corrected chi connectivity index (χ4v) is 2.84. The third kappa shape index (κ3) is 3.01. The third-order valence-electron chi connectivity index (χ3n) is 2.55. The van der Waals surface area contributed by atoms with Crippen LogP contribution >= 0.6 is 11.6 Å². The molecule has 0 atom stereocenters. The summed E-state index contributed by atoms with van der Waals surface area (Å²) in [4.78, 5) is 0. The van der Waals surface area contributed by atoms with Crippen LogP contribution in [0.2, 0.25) is 0 Å². The van der Waals surface area contributed by atoms with Gasteiger partial charge >= 0.3 is 5.76 Å². The molecule has 1 aliphatic carbocycles. The normalized spacial score (nSPS) is 18.5. The van der Waals surface area contributed by atoms with E-state index < -0.39 is 15.8 Å². The van der Waals surface area contributed by atoms with Crippen molar-refractivity contribution >= 4 is 21.6 Å². The fraction of sp³-hybridized carbons (Fsp3) is 1.00. The van der Waals surface area contributed by atoms with E-state index in [1.165, 1.54) is 0 Å². The second-order valence-electron chi connectivity index (χ2n) is 3.54. The van der Waals surface area contributed by atoms with Gasteiger partial charge in [-0.25, -0.2) is 8.42 Å². The summed E-state index contributed by atoms with van der Waals surface area (Å²) in [6.45, 7) is 0.0981. The van der Waals surface area contributed by atoms with Crippen LogP contribution in [-0.2, 0) is 10.0 Å². The van der Waals surface area contributed by atoms with Gasteiger partial charge < -0.3 is 0 Å². The molecule has 0 unspecified atom stereocenters. The highest BCUT2D eigenvalue weighted by atomic mass is 35.5. The molecule has 0 spiro atoms. The number of halogens is 3. The zero-order valence-electron chi connectivity index (χ0n) is 8.20. The summed E-state index contributed by atoms with van der Waals surface area (Å²) in [5, 5.41) is 0. The molecule has 1 aliphatic rings. The first-order valence-corrected chi connectivity index (χ1v) is 6.88. The number of hydrogen-bond acceptors (Lipinski definition) is 2. The molecule has 0 N–H and O–H groups in total. The van der Waals surface area contributed by atoms with Crippen molar-refractivity contribution in [1.29, 1.82) is 0 Å². The van der Waals surface area contributed by atoms with Crippen molar-refractivity contribution < 1.29 is 17.2 Å². The molecule has 3 nitrogen and oxygen atoms in total. The second kappa shape index (κ2) is 5.41. The van der Waals surface area contributed by atoms with E-state index in [9.17, 15) is 17.2 Å². The van der Waals surface area contributed by atoms with Crippen molar-refractivity contribution in [1.82, 2.24) is 4.31 Å². The summed E-state index contributed by atoms with van der Waals surface area (Å²) in [6.07, 6.45) is 2.66. The molecule has 0 aromatic rings. The van der Waals surface area contributed by atoms with Gasteiger partial charge in [0.05, 0.1) is 0 Å². The van der Waals surface area contributed by atoms with E-state index >= 15 is 0 Å². The monoisotopic (exact) mass is 261 g/mol. The fourth-order valence-electron chi connectivity index (χ4n) is 1.51. The van der Waals surface area contributed by atoms with E-state index in [1.54, 1.807) is 0 Å². The predicted octanol–water partition coefficient (Wildman–Crippen LogP) is 2.02. The van der Waals surface area contributed by atoms with Crippen LogP contribution in [0.15, 0.2) is 0 Å². The second-order valence-corrected chi connectivity index (χ2v) is 5.78. The van der Waals surface area contributed by atoms with Gasteiger partial charge in [-0.15, -0.1) is 11.6 Å². The number of nitrogens with zero attached hydrogens (tertiary/aromatic N) is 1. The molecule has 15 heavy (non-hydrogen) atoms. The molecule has 7 heteroatoms. The molecule has 0 heterocycles. The van der Waals surface area contributed by atoms with Gasteiger partial charge in [0, 0.05) is 18.5 Å². The highest BCUT2D eigenvalue weighted by Crippen LogP contribution is 2.29. The van der Waals surface area contributed by atoms with Gasteiger partial charge in [0.15, 0.2) is 0 Å². The van der Waals surface area contributed by atoms with Crippen molar-refractivity contribution in [3.63, 3.8) is 0 Å². The molecule has 90 valence electrons.